The van der Waals surface area contributed by atoms with Gasteiger partial charge in [0.15, 0.2) is 21.1 Å². The Kier molecular flexibility index (Phi) is 23.3. The highest BCUT2D eigenvalue weighted by Gasteiger charge is 2.55. The summed E-state index contributed by atoms with van der Waals surface area (Å²) in [7, 11) is 3.05. The summed E-state index contributed by atoms with van der Waals surface area (Å²) >= 11 is 3.45. The fraction of sp³-hybridized carbons (Fsp3) is 0.396. The van der Waals surface area contributed by atoms with E-state index in [1.54, 1.807) is 23.5 Å². The second kappa shape index (κ2) is 34.2. The zero-order valence-electron chi connectivity index (χ0n) is 73.2. The molecule has 2 spiro atoms. The van der Waals surface area contributed by atoms with E-state index in [1.807, 2.05) is 48.5 Å². The van der Waals surface area contributed by atoms with Crippen molar-refractivity contribution in [3.63, 3.8) is 0 Å². The average molecular weight is 1720 g/mol. The van der Waals surface area contributed by atoms with Gasteiger partial charge in [-0.25, -0.2) is 0 Å². The molecule has 2 unspecified atom stereocenters. The zero-order chi connectivity index (χ0) is 86.7. The maximum atomic E-state index is 12.7. The van der Waals surface area contributed by atoms with Gasteiger partial charge in [0.05, 0.1) is 48.7 Å². The molecule has 4 aliphatic heterocycles. The first-order valence-electron chi connectivity index (χ1n) is 44.6. The highest BCUT2D eigenvalue weighted by atomic mass is 32.2. The van der Waals surface area contributed by atoms with Gasteiger partial charge < -0.3 is 61.6 Å². The van der Waals surface area contributed by atoms with Crippen LogP contribution in [0.5, 0.6) is 46.0 Å². The van der Waals surface area contributed by atoms with Gasteiger partial charge in [-0.15, -0.1) is 0 Å². The molecule has 648 valence electrons. The molecule has 17 nitrogen and oxygen atoms in total. The molecule has 8 aliphatic rings. The van der Waals surface area contributed by atoms with E-state index < -0.39 is 44.9 Å². The second-order valence-corrected chi connectivity index (χ2v) is 38.9. The van der Waals surface area contributed by atoms with E-state index in [2.05, 4.69) is 201 Å². The normalized spacial score (nSPS) is 19.5. The quantitative estimate of drug-likeness (QED) is 0.0235. The molecule has 10 aromatic rings. The second-order valence-electron chi connectivity index (χ2n) is 35.7. The number of hydrogen-bond donors (Lipinski definition) is 0. The first-order chi connectivity index (χ1) is 60.5. The molecule has 0 aromatic heterocycles. The maximum Gasteiger partial charge on any atom is 0.306 e. The van der Waals surface area contributed by atoms with Gasteiger partial charge in [-0.05, 0) is 230 Å². The van der Waals surface area contributed by atoms with Crippen LogP contribution in [0.15, 0.2) is 192 Å². The van der Waals surface area contributed by atoms with Crippen molar-refractivity contribution in [2.24, 2.45) is 10.8 Å². The van der Waals surface area contributed by atoms with E-state index in [4.69, 9.17) is 61.6 Å². The van der Waals surface area contributed by atoms with Crippen molar-refractivity contribution in [1.29, 1.82) is 0 Å². The number of thioether (sulfide) groups is 2. The molecule has 125 heavy (non-hydrogen) atoms. The zero-order valence-corrected chi connectivity index (χ0v) is 74.8. The predicted octanol–water partition coefficient (Wildman–Crippen LogP) is 24.0. The molecule has 2 fully saturated rings. The first-order valence-corrected chi connectivity index (χ1v) is 46.2. The summed E-state index contributed by atoms with van der Waals surface area (Å²) in [6, 6.07) is 59.8. The largest absolute Gasteiger partial charge is 0.490 e. The van der Waals surface area contributed by atoms with Crippen LogP contribution in [0.1, 0.15) is 214 Å². The van der Waals surface area contributed by atoms with Crippen LogP contribution in [-0.2, 0) is 69.6 Å². The summed E-state index contributed by atoms with van der Waals surface area (Å²) in [5, 5.41) is 4.24. The van der Waals surface area contributed by atoms with Crippen LogP contribution >= 0.6 is 23.5 Å². The maximum absolute atomic E-state index is 12.7. The smallest absolute Gasteiger partial charge is 0.306 e. The van der Waals surface area contributed by atoms with Gasteiger partial charge in [0.2, 0.25) is 0 Å². The molecule has 4 heterocycles. The number of fused-ring (bicyclic) bond motifs is 22. The first kappa shape index (κ1) is 85.1. The number of rotatable bonds is 30. The van der Waals surface area contributed by atoms with Crippen LogP contribution < -0.4 is 33.2 Å². The molecule has 10 aromatic carbocycles. The van der Waals surface area contributed by atoms with Gasteiger partial charge in [-0.1, -0.05) is 186 Å². The summed E-state index contributed by atoms with van der Waals surface area (Å²) in [4.78, 5) is 51.1. The molecule has 0 saturated heterocycles. The lowest BCUT2D eigenvalue weighted by atomic mass is 9.58. The highest BCUT2D eigenvalue weighted by molar-refractivity contribution is 8.01. The van der Waals surface area contributed by atoms with E-state index in [0.717, 1.165) is 165 Å². The van der Waals surface area contributed by atoms with E-state index in [0.29, 0.717) is 23.0 Å². The van der Waals surface area contributed by atoms with Crippen molar-refractivity contribution >= 4 is 81.1 Å². The molecule has 0 amide bonds. The lowest BCUT2D eigenvalue weighted by Crippen LogP contribution is -2.38. The molecule has 4 aliphatic carbocycles. The molecule has 18 rings (SSSR count). The van der Waals surface area contributed by atoms with Crippen LogP contribution in [0.2, 0.25) is 0 Å². The summed E-state index contributed by atoms with van der Waals surface area (Å²) in [6.45, 7) is 18.9. The van der Waals surface area contributed by atoms with Gasteiger partial charge >= 0.3 is 23.9 Å². The van der Waals surface area contributed by atoms with Crippen LogP contribution in [-0.4, -0.2) is 101 Å². The third kappa shape index (κ3) is 15.7. The number of esters is 4. The molecular weight excluding hydrogens is 1610 g/mol. The van der Waals surface area contributed by atoms with Crippen molar-refractivity contribution in [2.75, 3.05) is 67.1 Å². The number of methoxy groups -OCH3 is 2. The number of ether oxygens (including phenoxy) is 13. The number of carbonyl (C=O) groups is 4. The van der Waals surface area contributed by atoms with Crippen LogP contribution in [0.3, 0.4) is 0 Å². The number of benzene rings is 10. The van der Waals surface area contributed by atoms with E-state index in [1.165, 1.54) is 58.7 Å². The van der Waals surface area contributed by atoms with Gasteiger partial charge in [0.1, 0.15) is 85.6 Å². The Labute approximate surface area is 740 Å². The average Bonchev–Trinajstić information content (AvgIpc) is 1.53. The third-order valence-electron chi connectivity index (χ3n) is 28.1. The Morgan fingerprint density at radius 3 is 1.03 bits per heavy atom. The fourth-order valence-corrected chi connectivity index (χ4v) is 23.3. The minimum absolute atomic E-state index is 0.0138. The van der Waals surface area contributed by atoms with E-state index >= 15 is 0 Å². The Morgan fingerprint density at radius 2 is 0.696 bits per heavy atom. The van der Waals surface area contributed by atoms with Crippen LogP contribution in [0.4, 0.5) is 0 Å². The van der Waals surface area contributed by atoms with Crippen molar-refractivity contribution in [2.45, 2.75) is 200 Å². The molecule has 2 atom stereocenters. The number of carbonyl (C=O) groups excluding carboxylic acids is 4. The summed E-state index contributed by atoms with van der Waals surface area (Å²) in [5.74, 6) is 3.71. The fourth-order valence-electron chi connectivity index (χ4n) is 21.2. The van der Waals surface area contributed by atoms with Gasteiger partial charge in [0.25, 0.3) is 0 Å². The summed E-state index contributed by atoms with van der Waals surface area (Å²) in [6.07, 6.45) is 21.9. The molecular formula is C106H110O17S2. The topological polar surface area (TPSA) is 188 Å². The molecule has 19 heteroatoms. The molecule has 0 bridgehead atoms. The lowest BCUT2D eigenvalue weighted by molar-refractivity contribution is -0.151. The van der Waals surface area contributed by atoms with Crippen molar-refractivity contribution in [3.05, 3.63) is 238 Å². The van der Waals surface area contributed by atoms with Gasteiger partial charge in [-0.3, -0.25) is 19.2 Å². The van der Waals surface area contributed by atoms with Crippen molar-refractivity contribution in [3.8, 4) is 68.2 Å². The van der Waals surface area contributed by atoms with Crippen molar-refractivity contribution in [1.82, 2.24) is 0 Å². The molecule has 0 N–H and O–H groups in total. The standard InChI is InChI=1S/C106H110O17S2/c1-11-101(12-2)47-51-103(52-48-101)83-21-17-15-19-75(83)93-79-63-85-87(124-99(5,6)120-85)65-81(79)97-77(95(93)103)43-45-105(122-97,67-23-31-71(32-24-67)113-59-61-117-91(109)41-39-89(107)115-57-55-111-9)69-27-35-73(36-28-69)119-74-37-29-70(30-38-74)106(68-25-33-72(34-26-68)114-60-62-118-92(110)42-40-90(108)116-58-56-112-10)46-44-78-96-94(80-64-86-88(125-100(7,8)121-86)66-82(80)98(78)123-106)76-20-16-18-22-84(76)104(96)53-49-102(13-3,14-4)50-54-104/h15-38,43-46,63-66H,11-14,39-42,47-62H2,1-10H3. The van der Waals surface area contributed by atoms with Crippen molar-refractivity contribution < 1.29 is 80.8 Å². The van der Waals surface area contributed by atoms with Crippen LogP contribution in [0.25, 0.3) is 56.0 Å². The summed E-state index contributed by atoms with van der Waals surface area (Å²) < 4.78 is 80.5. The Hall–Kier alpha value is -10.7. The monoisotopic (exact) mass is 1720 g/mol. The predicted molar refractivity (Wildman–Crippen MR) is 488 cm³/mol. The van der Waals surface area contributed by atoms with E-state index in [9.17, 15) is 19.2 Å². The Bertz CT molecular complexity index is 5500. The third-order valence-corrected chi connectivity index (χ3v) is 30.3. The Morgan fingerprint density at radius 1 is 0.368 bits per heavy atom. The minimum atomic E-state index is -1.20. The molecule has 0 radical (unpaired) electrons. The van der Waals surface area contributed by atoms with Gasteiger partial charge in [0, 0.05) is 69.2 Å². The number of hydrogen-bond acceptors (Lipinski definition) is 19. The summed E-state index contributed by atoms with van der Waals surface area (Å²) in [5.41, 5.74) is 13.8. The minimum Gasteiger partial charge on any atom is -0.490 e. The highest BCUT2D eigenvalue weighted by Crippen LogP contribution is 2.68. The lowest BCUT2D eigenvalue weighted by Gasteiger charge is -2.47. The van der Waals surface area contributed by atoms with E-state index in [-0.39, 0.29) is 100 Å². The van der Waals surface area contributed by atoms with Crippen LogP contribution in [0, 0.1) is 10.8 Å². The van der Waals surface area contributed by atoms with Gasteiger partial charge in [-0.2, -0.15) is 0 Å². The SMILES string of the molecule is CCC1(CC)CCC2(CC1)c1ccccc1-c1c2c2c(c3cc4c(cc13)OC(C)(C)S4)OC(c1ccc(OCCOC(=O)CCC(=O)OCCOC)cc1)(c1ccc(Oc3ccc(C4(c5ccc(OCCOC(=O)CCC(=O)OCCOC)cc5)C=Cc5c6c(c7cc8c(cc7c5O4)SC(C)(C)O8)-c4ccccc4C64CCC(CC)(CC)CC4)cc3)cc1)C=C2. The molecule has 2 saturated carbocycles. The Balaban J connectivity index is 0.696.